The van der Waals surface area contributed by atoms with Crippen LogP contribution in [0.2, 0.25) is 0 Å². The van der Waals surface area contributed by atoms with Gasteiger partial charge in [0, 0.05) is 33.5 Å². The highest BCUT2D eigenvalue weighted by Crippen LogP contribution is 1.70. The Hall–Kier alpha value is -0.700. The van der Waals surface area contributed by atoms with Gasteiger partial charge < -0.3 is 10.3 Å². The van der Waals surface area contributed by atoms with Crippen molar-refractivity contribution in [2.45, 2.75) is 0 Å². The van der Waals surface area contributed by atoms with Crippen molar-refractivity contribution in [3.05, 3.63) is 12.4 Å². The zero-order chi connectivity index (χ0) is 6.41. The molecule has 0 amide bonds. The van der Waals surface area contributed by atoms with E-state index in [1.165, 1.54) is 0 Å². The van der Waals surface area contributed by atoms with Crippen LogP contribution in [0, 0.1) is 0 Å². The molecule has 0 aliphatic carbocycles. The van der Waals surface area contributed by atoms with Crippen LogP contribution in [0.3, 0.4) is 0 Å². The molecule has 0 atom stereocenters. The Morgan fingerprint density at radius 1 is 1.38 bits per heavy atom. The molecular formula is C5H13N3. The van der Waals surface area contributed by atoms with Gasteiger partial charge in [-0.05, 0) is 0 Å². The minimum Gasteiger partial charge on any atom is -0.382 e. The fourth-order valence-electron chi connectivity index (χ4n) is 0.270. The Morgan fingerprint density at radius 2 is 2.00 bits per heavy atom. The van der Waals surface area contributed by atoms with E-state index in [0.717, 1.165) is 0 Å². The standard InChI is InChI=1S/C5H13N3/c1-6-7-4-5-8(2)3/h4-7H,1-3H3. The predicted molar refractivity (Wildman–Crippen MR) is 35.0 cm³/mol. The summed E-state index contributed by atoms with van der Waals surface area (Å²) < 4.78 is 0. The first kappa shape index (κ1) is 7.30. The van der Waals surface area contributed by atoms with Gasteiger partial charge in [-0.1, -0.05) is 0 Å². The fourth-order valence-corrected chi connectivity index (χ4v) is 0.270. The van der Waals surface area contributed by atoms with Gasteiger partial charge in [0.15, 0.2) is 0 Å². The maximum atomic E-state index is 2.81. The lowest BCUT2D eigenvalue weighted by Crippen LogP contribution is -2.21. The van der Waals surface area contributed by atoms with E-state index < -0.39 is 0 Å². The smallest absolute Gasteiger partial charge is 0.0284 e. The molecule has 3 heteroatoms. The second-order valence-electron chi connectivity index (χ2n) is 1.67. The molecule has 0 aromatic carbocycles. The zero-order valence-electron chi connectivity index (χ0n) is 5.60. The van der Waals surface area contributed by atoms with E-state index in [1.807, 2.05) is 38.4 Å². The lowest BCUT2D eigenvalue weighted by Gasteiger charge is -2.02. The summed E-state index contributed by atoms with van der Waals surface area (Å²) in [6.45, 7) is 0. The molecule has 48 valence electrons. The molecule has 2 N–H and O–H groups in total. The molecule has 0 aromatic heterocycles. The predicted octanol–water partition coefficient (Wildman–Crippen LogP) is -0.257. The monoisotopic (exact) mass is 115 g/mol. The Balaban J connectivity index is 3.07. The van der Waals surface area contributed by atoms with Crippen LogP contribution in [-0.2, 0) is 0 Å². The average molecular weight is 115 g/mol. The first-order valence-corrected chi connectivity index (χ1v) is 2.52. The third kappa shape index (κ3) is 5.30. The van der Waals surface area contributed by atoms with Crippen LogP contribution in [0.5, 0.6) is 0 Å². The second kappa shape index (κ2) is 4.46. The number of hydrazine groups is 1. The molecule has 0 bridgehead atoms. The van der Waals surface area contributed by atoms with Crippen molar-refractivity contribution in [3.63, 3.8) is 0 Å². The van der Waals surface area contributed by atoms with Crippen LogP contribution in [0.25, 0.3) is 0 Å². The summed E-state index contributed by atoms with van der Waals surface area (Å²) in [7, 11) is 5.75. The first-order chi connectivity index (χ1) is 3.77. The van der Waals surface area contributed by atoms with Crippen molar-refractivity contribution in [2.24, 2.45) is 0 Å². The van der Waals surface area contributed by atoms with Crippen molar-refractivity contribution < 1.29 is 0 Å². The van der Waals surface area contributed by atoms with Crippen LogP contribution in [0.1, 0.15) is 0 Å². The summed E-state index contributed by atoms with van der Waals surface area (Å²) in [6, 6.07) is 0. The summed E-state index contributed by atoms with van der Waals surface area (Å²) in [5.74, 6) is 0. The lowest BCUT2D eigenvalue weighted by molar-refractivity contribution is 0.554. The topological polar surface area (TPSA) is 27.3 Å². The van der Waals surface area contributed by atoms with E-state index in [-0.39, 0.29) is 0 Å². The molecule has 8 heavy (non-hydrogen) atoms. The molecule has 0 unspecified atom stereocenters. The fraction of sp³-hybridized carbons (Fsp3) is 0.600. The molecule has 0 saturated carbocycles. The zero-order valence-corrected chi connectivity index (χ0v) is 5.60. The van der Waals surface area contributed by atoms with Gasteiger partial charge in [-0.15, -0.1) is 0 Å². The van der Waals surface area contributed by atoms with Gasteiger partial charge in [0.05, 0.1) is 0 Å². The van der Waals surface area contributed by atoms with Crippen molar-refractivity contribution in [3.8, 4) is 0 Å². The van der Waals surface area contributed by atoms with Crippen LogP contribution in [0.4, 0.5) is 0 Å². The number of nitrogens with one attached hydrogen (secondary N) is 2. The molecule has 0 aliphatic rings. The molecular weight excluding hydrogens is 102 g/mol. The largest absolute Gasteiger partial charge is 0.382 e. The van der Waals surface area contributed by atoms with E-state index in [2.05, 4.69) is 10.9 Å². The SMILES string of the molecule is CNNC=CN(C)C. The maximum absolute atomic E-state index is 2.81. The minimum absolute atomic E-state index is 1.82. The van der Waals surface area contributed by atoms with E-state index in [9.17, 15) is 0 Å². The van der Waals surface area contributed by atoms with Crippen molar-refractivity contribution in [1.82, 2.24) is 15.8 Å². The Bertz CT molecular complexity index is 68.1. The molecule has 0 aromatic rings. The molecule has 0 saturated heterocycles. The molecule has 0 heterocycles. The third-order valence-electron chi connectivity index (χ3n) is 0.600. The number of hydrogen-bond acceptors (Lipinski definition) is 3. The molecule has 0 radical (unpaired) electrons. The van der Waals surface area contributed by atoms with Crippen molar-refractivity contribution in [1.29, 1.82) is 0 Å². The van der Waals surface area contributed by atoms with E-state index in [1.54, 1.807) is 0 Å². The Kier molecular flexibility index (Phi) is 4.07. The number of nitrogens with zero attached hydrogens (tertiary/aromatic N) is 1. The van der Waals surface area contributed by atoms with E-state index >= 15 is 0 Å². The third-order valence-corrected chi connectivity index (χ3v) is 0.600. The molecule has 3 nitrogen and oxygen atoms in total. The van der Waals surface area contributed by atoms with Gasteiger partial charge in [-0.2, -0.15) is 0 Å². The summed E-state index contributed by atoms with van der Waals surface area (Å²) in [5.41, 5.74) is 5.57. The quantitative estimate of drug-likeness (QED) is 0.496. The highest BCUT2D eigenvalue weighted by Gasteiger charge is 1.70. The molecule has 0 spiro atoms. The van der Waals surface area contributed by atoms with Crippen LogP contribution < -0.4 is 10.9 Å². The maximum Gasteiger partial charge on any atom is 0.0284 e. The summed E-state index contributed by atoms with van der Waals surface area (Å²) >= 11 is 0. The number of rotatable bonds is 3. The summed E-state index contributed by atoms with van der Waals surface area (Å²) in [5, 5.41) is 0. The van der Waals surface area contributed by atoms with Gasteiger partial charge in [0.1, 0.15) is 0 Å². The number of hydrogen-bond donors (Lipinski definition) is 2. The van der Waals surface area contributed by atoms with Gasteiger partial charge in [-0.25, -0.2) is 5.43 Å². The molecule has 0 fully saturated rings. The minimum atomic E-state index is 1.82. The van der Waals surface area contributed by atoms with Crippen LogP contribution in [-0.4, -0.2) is 26.0 Å². The molecule has 0 rings (SSSR count). The first-order valence-electron chi connectivity index (χ1n) is 2.52. The normalized spacial score (nSPS) is 9.88. The van der Waals surface area contributed by atoms with Crippen LogP contribution in [0.15, 0.2) is 12.4 Å². The van der Waals surface area contributed by atoms with Crippen LogP contribution >= 0.6 is 0 Å². The van der Waals surface area contributed by atoms with Crippen molar-refractivity contribution >= 4 is 0 Å². The highest BCUT2D eigenvalue weighted by molar-refractivity contribution is 4.73. The van der Waals surface area contributed by atoms with Gasteiger partial charge in [0.25, 0.3) is 0 Å². The Labute approximate surface area is 50.3 Å². The summed E-state index contributed by atoms with van der Waals surface area (Å²) in [4.78, 5) is 1.95. The van der Waals surface area contributed by atoms with Crippen molar-refractivity contribution in [2.75, 3.05) is 21.1 Å². The second-order valence-corrected chi connectivity index (χ2v) is 1.67. The van der Waals surface area contributed by atoms with E-state index in [0.29, 0.717) is 0 Å². The molecule has 0 aliphatic heterocycles. The summed E-state index contributed by atoms with van der Waals surface area (Å²) in [6.07, 6.45) is 3.73. The lowest BCUT2D eigenvalue weighted by atomic mass is 10.8. The Morgan fingerprint density at radius 3 is 2.38 bits per heavy atom. The van der Waals surface area contributed by atoms with Gasteiger partial charge in [0.2, 0.25) is 0 Å². The van der Waals surface area contributed by atoms with Gasteiger partial charge in [-0.3, -0.25) is 0 Å². The average Bonchev–Trinajstić information content (AvgIpc) is 1.66. The van der Waals surface area contributed by atoms with Gasteiger partial charge >= 0.3 is 0 Å². The van der Waals surface area contributed by atoms with E-state index in [4.69, 9.17) is 0 Å². The highest BCUT2D eigenvalue weighted by atomic mass is 15.3.